The van der Waals surface area contributed by atoms with Gasteiger partial charge in [-0.2, -0.15) is 0 Å². The second-order valence-corrected chi connectivity index (χ2v) is 6.42. The Bertz CT molecular complexity index is 1100. The van der Waals surface area contributed by atoms with Crippen LogP contribution in [-0.2, 0) is 14.3 Å². The number of ether oxygens (including phenoxy) is 2. The second kappa shape index (κ2) is 7.39. The maximum atomic E-state index is 13.1. The van der Waals surface area contributed by atoms with E-state index in [9.17, 15) is 28.4 Å². The van der Waals surface area contributed by atoms with Gasteiger partial charge < -0.3 is 9.47 Å². The van der Waals surface area contributed by atoms with Crippen molar-refractivity contribution >= 4 is 35.5 Å². The third-order valence-electron chi connectivity index (χ3n) is 4.60. The number of esters is 1. The molecule has 9 nitrogen and oxygen atoms in total. The van der Waals surface area contributed by atoms with Crippen molar-refractivity contribution in [2.45, 2.75) is 0 Å². The number of carbonyl (C=O) groups is 5. The summed E-state index contributed by atoms with van der Waals surface area (Å²) in [6.45, 7) is -0.534. The summed E-state index contributed by atoms with van der Waals surface area (Å²) in [5, 5.41) is 0. The lowest BCUT2D eigenvalue weighted by Gasteiger charge is -2.13. The summed E-state index contributed by atoms with van der Waals surface area (Å²) in [5.41, 5.74) is 0.201. The van der Waals surface area contributed by atoms with Crippen molar-refractivity contribution in [3.63, 3.8) is 0 Å². The van der Waals surface area contributed by atoms with Crippen LogP contribution in [0.3, 0.4) is 0 Å². The van der Waals surface area contributed by atoms with Gasteiger partial charge in [-0.25, -0.2) is 23.8 Å². The summed E-state index contributed by atoms with van der Waals surface area (Å²) in [5.74, 6) is -3.44. The minimum absolute atomic E-state index is 0.0202. The maximum Gasteiger partial charge on any atom is 0.416 e. The molecule has 0 saturated carbocycles. The van der Waals surface area contributed by atoms with E-state index in [1.165, 1.54) is 30.3 Å². The van der Waals surface area contributed by atoms with Crippen LogP contribution < -0.4 is 4.90 Å². The normalized spacial score (nSPS) is 15.3. The van der Waals surface area contributed by atoms with Gasteiger partial charge in [0, 0.05) is 0 Å². The standard InChI is InChI=1S/C20H13FN2O7/c21-12-2-4-13(5-3-12)23-17(25)14-6-1-11(9-15(14)18(23)26)19(27)30-10-16(24)22-7-8-29-20(22)28/h1-6,9H,7-8,10H2. The van der Waals surface area contributed by atoms with Gasteiger partial charge in [-0.05, 0) is 42.5 Å². The number of hydrogen-bond donors (Lipinski definition) is 0. The first kappa shape index (κ1) is 19.2. The molecule has 0 bridgehead atoms. The van der Waals surface area contributed by atoms with Crippen LogP contribution in [0.25, 0.3) is 0 Å². The van der Waals surface area contributed by atoms with Crippen molar-refractivity contribution in [3.8, 4) is 0 Å². The van der Waals surface area contributed by atoms with Crippen LogP contribution in [-0.4, -0.2) is 54.4 Å². The van der Waals surface area contributed by atoms with E-state index in [0.717, 1.165) is 21.9 Å². The number of amides is 4. The summed E-state index contributed by atoms with van der Waals surface area (Å²) in [6, 6.07) is 8.60. The minimum Gasteiger partial charge on any atom is -0.452 e. The number of hydrogen-bond acceptors (Lipinski definition) is 7. The molecule has 2 aliphatic heterocycles. The lowest BCUT2D eigenvalue weighted by atomic mass is 10.1. The van der Waals surface area contributed by atoms with Crippen LogP contribution in [0.2, 0.25) is 0 Å². The van der Waals surface area contributed by atoms with Gasteiger partial charge >= 0.3 is 12.1 Å². The maximum absolute atomic E-state index is 13.1. The van der Waals surface area contributed by atoms with E-state index in [1.807, 2.05) is 0 Å². The van der Waals surface area contributed by atoms with Crippen molar-refractivity contribution < 1.29 is 37.8 Å². The Morgan fingerprint density at radius 1 is 1.00 bits per heavy atom. The molecule has 4 amide bonds. The molecule has 0 spiro atoms. The Morgan fingerprint density at radius 2 is 1.70 bits per heavy atom. The molecule has 0 aromatic heterocycles. The number of benzene rings is 2. The van der Waals surface area contributed by atoms with Crippen LogP contribution in [0.4, 0.5) is 14.9 Å². The molecule has 0 atom stereocenters. The summed E-state index contributed by atoms with van der Waals surface area (Å²) in [6.07, 6.45) is -0.807. The predicted molar refractivity (Wildman–Crippen MR) is 97.3 cm³/mol. The monoisotopic (exact) mass is 412 g/mol. The first-order valence-corrected chi connectivity index (χ1v) is 8.79. The molecule has 152 valence electrons. The third-order valence-corrected chi connectivity index (χ3v) is 4.60. The minimum atomic E-state index is -0.904. The highest BCUT2D eigenvalue weighted by Crippen LogP contribution is 2.29. The van der Waals surface area contributed by atoms with Crippen molar-refractivity contribution in [3.05, 3.63) is 65.0 Å². The van der Waals surface area contributed by atoms with E-state index in [4.69, 9.17) is 4.74 Å². The Hall–Kier alpha value is -4.08. The van der Waals surface area contributed by atoms with Crippen LogP contribution in [0, 0.1) is 5.82 Å². The van der Waals surface area contributed by atoms with E-state index in [2.05, 4.69) is 4.74 Å². The van der Waals surface area contributed by atoms with E-state index in [1.54, 1.807) is 0 Å². The first-order valence-electron chi connectivity index (χ1n) is 8.79. The van der Waals surface area contributed by atoms with E-state index in [0.29, 0.717) is 0 Å². The second-order valence-electron chi connectivity index (χ2n) is 6.42. The van der Waals surface area contributed by atoms with Crippen LogP contribution in [0.5, 0.6) is 0 Å². The quantitative estimate of drug-likeness (QED) is 0.556. The molecule has 2 aromatic rings. The molecular weight excluding hydrogens is 399 g/mol. The molecule has 2 heterocycles. The van der Waals surface area contributed by atoms with E-state index >= 15 is 0 Å². The lowest BCUT2D eigenvalue weighted by Crippen LogP contribution is -2.35. The molecule has 0 radical (unpaired) electrons. The highest BCUT2D eigenvalue weighted by Gasteiger charge is 2.37. The smallest absolute Gasteiger partial charge is 0.416 e. The topological polar surface area (TPSA) is 110 Å². The number of rotatable bonds is 4. The Labute approximate surface area is 168 Å². The van der Waals surface area contributed by atoms with Gasteiger partial charge in [-0.1, -0.05) is 0 Å². The average Bonchev–Trinajstić information content (AvgIpc) is 3.28. The number of anilines is 1. The summed E-state index contributed by atoms with van der Waals surface area (Å²) >= 11 is 0. The number of cyclic esters (lactones) is 1. The van der Waals surface area contributed by atoms with Crippen LogP contribution in [0.15, 0.2) is 42.5 Å². The van der Waals surface area contributed by atoms with Gasteiger partial charge in [0.1, 0.15) is 12.4 Å². The van der Waals surface area contributed by atoms with Crippen LogP contribution >= 0.6 is 0 Å². The van der Waals surface area contributed by atoms with Gasteiger partial charge in [0.25, 0.3) is 17.7 Å². The fourth-order valence-corrected chi connectivity index (χ4v) is 3.10. The average molecular weight is 412 g/mol. The molecule has 30 heavy (non-hydrogen) atoms. The van der Waals surface area contributed by atoms with Gasteiger partial charge in [0.2, 0.25) is 0 Å². The number of carbonyl (C=O) groups excluding carboxylic acids is 5. The molecule has 0 aliphatic carbocycles. The molecule has 1 saturated heterocycles. The molecule has 0 unspecified atom stereocenters. The summed E-state index contributed by atoms with van der Waals surface area (Å²) in [7, 11) is 0. The zero-order chi connectivity index (χ0) is 21.4. The highest BCUT2D eigenvalue weighted by molar-refractivity contribution is 6.34. The van der Waals surface area contributed by atoms with Crippen LogP contribution in [0.1, 0.15) is 31.1 Å². The van der Waals surface area contributed by atoms with E-state index < -0.39 is 42.2 Å². The zero-order valence-electron chi connectivity index (χ0n) is 15.3. The van der Waals surface area contributed by atoms with E-state index in [-0.39, 0.29) is 35.5 Å². The Balaban J connectivity index is 1.49. The van der Waals surface area contributed by atoms with Crippen molar-refractivity contribution in [1.82, 2.24) is 4.90 Å². The molecule has 0 N–H and O–H groups in total. The number of halogens is 1. The SMILES string of the molecule is O=C(OCC(=O)N1CCOC1=O)c1ccc2c(c1)C(=O)N(c1ccc(F)cc1)C2=O. The lowest BCUT2D eigenvalue weighted by molar-refractivity contribution is -0.131. The summed E-state index contributed by atoms with van der Waals surface area (Å²) in [4.78, 5) is 62.5. The Kier molecular flexibility index (Phi) is 4.74. The third kappa shape index (κ3) is 3.28. The predicted octanol–water partition coefficient (Wildman–Crippen LogP) is 1.76. The number of nitrogens with zero attached hydrogens (tertiary/aromatic N) is 2. The molecule has 2 aromatic carbocycles. The molecule has 2 aliphatic rings. The zero-order valence-corrected chi connectivity index (χ0v) is 15.3. The first-order chi connectivity index (χ1) is 14.4. The molecule has 1 fully saturated rings. The van der Waals surface area contributed by atoms with Gasteiger partial charge in [-0.3, -0.25) is 14.4 Å². The number of fused-ring (bicyclic) bond motifs is 1. The highest BCUT2D eigenvalue weighted by atomic mass is 19.1. The molecular formula is C20H13FN2O7. The Morgan fingerprint density at radius 3 is 2.37 bits per heavy atom. The largest absolute Gasteiger partial charge is 0.452 e. The summed E-state index contributed by atoms with van der Waals surface area (Å²) < 4.78 is 22.7. The number of imide groups is 2. The fraction of sp³-hybridized carbons (Fsp3) is 0.150. The fourth-order valence-electron chi connectivity index (χ4n) is 3.10. The molecule has 10 heteroatoms. The van der Waals surface area contributed by atoms with Gasteiger partial charge in [0.05, 0.1) is 28.9 Å². The van der Waals surface area contributed by atoms with Crippen molar-refractivity contribution in [2.75, 3.05) is 24.7 Å². The van der Waals surface area contributed by atoms with Gasteiger partial charge in [-0.15, -0.1) is 0 Å². The molecule has 4 rings (SSSR count). The van der Waals surface area contributed by atoms with Crippen molar-refractivity contribution in [2.24, 2.45) is 0 Å². The van der Waals surface area contributed by atoms with Crippen molar-refractivity contribution in [1.29, 1.82) is 0 Å². The van der Waals surface area contributed by atoms with Gasteiger partial charge in [0.15, 0.2) is 6.61 Å².